The van der Waals surface area contributed by atoms with Crippen LogP contribution < -0.4 is 19.7 Å². The Hall–Kier alpha value is -6.16. The van der Waals surface area contributed by atoms with Crippen molar-refractivity contribution in [2.75, 3.05) is 38.8 Å². The largest absolute Gasteiger partial charge is 0.506 e. The third kappa shape index (κ3) is 10.5. The lowest BCUT2D eigenvalue weighted by Gasteiger charge is -2.22. The summed E-state index contributed by atoms with van der Waals surface area (Å²) in [6.45, 7) is 6.89. The van der Waals surface area contributed by atoms with Crippen molar-refractivity contribution < 1.29 is 38.5 Å². The van der Waals surface area contributed by atoms with Gasteiger partial charge in [-0.1, -0.05) is 67.4 Å². The number of anilines is 1. The van der Waals surface area contributed by atoms with Gasteiger partial charge in [0.25, 0.3) is 11.1 Å². The number of carbonyl (C=O) groups excluding carboxylic acids is 4. The van der Waals surface area contributed by atoms with Crippen LogP contribution in [-0.4, -0.2) is 87.3 Å². The molecule has 294 valence electrons. The zero-order valence-electron chi connectivity index (χ0n) is 32.0. The number of aromatic nitrogens is 4. The molecular formula is C40H45N7O8S. The van der Waals surface area contributed by atoms with Gasteiger partial charge in [0.1, 0.15) is 23.8 Å². The summed E-state index contributed by atoms with van der Waals surface area (Å²) in [4.78, 5) is 54.6. The fourth-order valence-electron chi connectivity index (χ4n) is 5.65. The third-order valence-electron chi connectivity index (χ3n) is 8.69. The Labute approximate surface area is 328 Å². The van der Waals surface area contributed by atoms with Gasteiger partial charge in [0.05, 0.1) is 24.5 Å². The summed E-state index contributed by atoms with van der Waals surface area (Å²) in [7, 11) is 3.11. The summed E-state index contributed by atoms with van der Waals surface area (Å²) < 4.78 is 18.0. The maximum absolute atomic E-state index is 13.5. The van der Waals surface area contributed by atoms with Crippen LogP contribution in [0, 0.1) is 13.8 Å². The van der Waals surface area contributed by atoms with E-state index in [9.17, 15) is 24.3 Å². The zero-order chi connectivity index (χ0) is 40.2. The Kier molecular flexibility index (Phi) is 14.2. The molecule has 0 radical (unpaired) electrons. The second-order valence-electron chi connectivity index (χ2n) is 13.0. The maximum Gasteiger partial charge on any atom is 0.419 e. The maximum atomic E-state index is 13.5. The predicted molar refractivity (Wildman–Crippen MR) is 211 cm³/mol. The first-order valence-corrected chi connectivity index (χ1v) is 18.9. The number of benzene rings is 4. The molecule has 0 aliphatic rings. The summed E-state index contributed by atoms with van der Waals surface area (Å²) in [6, 6.07) is 21.0. The summed E-state index contributed by atoms with van der Waals surface area (Å²) in [6.07, 6.45) is 1.47. The number of nitrogens with zero attached hydrogens (tertiary/aromatic N) is 6. The van der Waals surface area contributed by atoms with Crippen molar-refractivity contribution in [3.8, 4) is 17.2 Å². The molecule has 0 unspecified atom stereocenters. The van der Waals surface area contributed by atoms with Gasteiger partial charge in [0.15, 0.2) is 0 Å². The fraction of sp³-hybridized carbons (Fsp3) is 0.325. The van der Waals surface area contributed by atoms with Crippen LogP contribution in [0.25, 0.3) is 10.8 Å². The first-order chi connectivity index (χ1) is 27.0. The first-order valence-electron chi connectivity index (χ1n) is 18.1. The highest BCUT2D eigenvalue weighted by Gasteiger charge is 2.23. The molecule has 16 heteroatoms. The van der Waals surface area contributed by atoms with Crippen LogP contribution in [0.3, 0.4) is 0 Å². The standard InChI is InChI=1S/C40H45N7O8S/c1-6-7-21-54-35(48)25-47-38(42-43-44-47)56-40(52)45(4)24-28-12-8-9-15-34(28)55-39(51)46(5)32-14-10-13-30-29(32)17-18-31(36(30)49)37(50)41-20-11-22-53-33-19-16-26(2)23-27(33)3/h8-10,12-19,23,49H,6-7,11,20-22,24-25H2,1-5H3,(H,41,50). The Morgan fingerprint density at radius 3 is 2.50 bits per heavy atom. The molecule has 0 atom stereocenters. The van der Waals surface area contributed by atoms with Gasteiger partial charge in [-0.05, 0) is 66.9 Å². The number of ether oxygens (including phenoxy) is 3. The van der Waals surface area contributed by atoms with Gasteiger partial charge < -0.3 is 29.5 Å². The Morgan fingerprint density at radius 2 is 1.71 bits per heavy atom. The molecule has 3 amide bonds. The Morgan fingerprint density at radius 1 is 0.911 bits per heavy atom. The second-order valence-corrected chi connectivity index (χ2v) is 13.9. The molecule has 1 heterocycles. The van der Waals surface area contributed by atoms with Crippen molar-refractivity contribution >= 4 is 51.4 Å². The average molecular weight is 784 g/mol. The highest BCUT2D eigenvalue weighted by atomic mass is 32.2. The van der Waals surface area contributed by atoms with Crippen molar-refractivity contribution in [3.63, 3.8) is 0 Å². The van der Waals surface area contributed by atoms with Crippen LogP contribution in [0.5, 0.6) is 17.2 Å². The number of thioether (sulfide) groups is 1. The molecule has 5 rings (SSSR count). The molecule has 0 aliphatic carbocycles. The number of para-hydroxylation sites is 1. The Bertz CT molecular complexity index is 2190. The third-order valence-corrected chi connectivity index (χ3v) is 9.65. The molecule has 0 fully saturated rings. The van der Waals surface area contributed by atoms with Gasteiger partial charge >= 0.3 is 12.1 Å². The monoisotopic (exact) mass is 783 g/mol. The van der Waals surface area contributed by atoms with E-state index in [1.807, 2.05) is 39.0 Å². The fourth-order valence-corrected chi connectivity index (χ4v) is 6.31. The highest BCUT2D eigenvalue weighted by Crippen LogP contribution is 2.35. The number of nitrogens with one attached hydrogen (secondary N) is 1. The number of aryl methyl sites for hydroxylation is 2. The van der Waals surface area contributed by atoms with Gasteiger partial charge in [-0.2, -0.15) is 0 Å². The van der Waals surface area contributed by atoms with Gasteiger partial charge in [0.2, 0.25) is 5.16 Å². The number of phenolic OH excluding ortho intramolecular Hbond substituents is 1. The van der Waals surface area contributed by atoms with Crippen LogP contribution in [-0.2, 0) is 22.6 Å². The van der Waals surface area contributed by atoms with E-state index in [-0.39, 0.29) is 35.3 Å². The van der Waals surface area contributed by atoms with Gasteiger partial charge in [-0.3, -0.25) is 19.3 Å². The average Bonchev–Trinajstić information content (AvgIpc) is 3.61. The molecule has 0 saturated carbocycles. The molecule has 56 heavy (non-hydrogen) atoms. The SMILES string of the molecule is CCCCOC(=O)Cn1nnnc1SC(=O)N(C)Cc1ccccc1OC(=O)N(C)c1cccc2c(O)c(C(=O)NCCCOc3ccc(C)cc3C)ccc12. The van der Waals surface area contributed by atoms with Gasteiger partial charge in [-0.15, -0.1) is 5.10 Å². The number of esters is 1. The van der Waals surface area contributed by atoms with E-state index >= 15 is 0 Å². The van der Waals surface area contributed by atoms with E-state index in [1.54, 1.807) is 55.6 Å². The first kappa shape index (κ1) is 41.0. The molecule has 0 spiro atoms. The molecule has 0 saturated heterocycles. The molecular weight excluding hydrogens is 739 g/mol. The number of aromatic hydroxyl groups is 1. The minimum Gasteiger partial charge on any atom is -0.506 e. The van der Waals surface area contributed by atoms with Crippen LogP contribution in [0.1, 0.15) is 53.2 Å². The van der Waals surface area contributed by atoms with Crippen molar-refractivity contribution in [2.45, 2.75) is 58.3 Å². The molecule has 5 aromatic rings. The van der Waals surface area contributed by atoms with E-state index < -0.39 is 23.2 Å². The lowest BCUT2D eigenvalue weighted by Crippen LogP contribution is -2.30. The van der Waals surface area contributed by atoms with Gasteiger partial charge in [-0.25, -0.2) is 9.48 Å². The van der Waals surface area contributed by atoms with Gasteiger partial charge in [0, 0.05) is 55.3 Å². The lowest BCUT2D eigenvalue weighted by molar-refractivity contribution is -0.144. The van der Waals surface area contributed by atoms with Crippen LogP contribution >= 0.6 is 11.8 Å². The van der Waals surface area contributed by atoms with E-state index in [0.717, 1.165) is 41.5 Å². The number of phenols is 1. The molecule has 1 aromatic heterocycles. The van der Waals surface area contributed by atoms with E-state index in [2.05, 4.69) is 20.8 Å². The van der Waals surface area contributed by atoms with E-state index in [0.29, 0.717) is 48.2 Å². The number of hydrogen-bond donors (Lipinski definition) is 2. The second kappa shape index (κ2) is 19.4. The van der Waals surface area contributed by atoms with Crippen LogP contribution in [0.2, 0.25) is 0 Å². The highest BCUT2D eigenvalue weighted by molar-refractivity contribution is 8.13. The van der Waals surface area contributed by atoms with E-state index in [1.165, 1.54) is 27.6 Å². The Balaban J connectivity index is 1.18. The minimum absolute atomic E-state index is 0.0754. The van der Waals surface area contributed by atoms with Crippen molar-refractivity contribution in [1.82, 2.24) is 30.4 Å². The minimum atomic E-state index is -0.720. The normalized spacial score (nSPS) is 10.9. The number of fused-ring (bicyclic) bond motifs is 1. The molecule has 4 aromatic carbocycles. The predicted octanol–water partition coefficient (Wildman–Crippen LogP) is 6.67. The molecule has 15 nitrogen and oxygen atoms in total. The zero-order valence-corrected chi connectivity index (χ0v) is 32.8. The van der Waals surface area contributed by atoms with Crippen molar-refractivity contribution in [1.29, 1.82) is 0 Å². The lowest BCUT2D eigenvalue weighted by atomic mass is 10.0. The summed E-state index contributed by atoms with van der Waals surface area (Å²) in [5, 5.41) is 25.9. The van der Waals surface area contributed by atoms with Crippen LogP contribution in [0.15, 0.2) is 78.0 Å². The summed E-state index contributed by atoms with van der Waals surface area (Å²) >= 11 is 0.746. The smallest absolute Gasteiger partial charge is 0.419 e. The number of carbonyl (C=O) groups is 4. The molecule has 0 bridgehead atoms. The number of amides is 3. The topological polar surface area (TPSA) is 178 Å². The number of rotatable bonds is 16. The molecule has 0 aliphatic heterocycles. The van der Waals surface area contributed by atoms with Crippen molar-refractivity contribution in [2.24, 2.45) is 0 Å². The van der Waals surface area contributed by atoms with E-state index in [4.69, 9.17) is 14.2 Å². The summed E-state index contributed by atoms with van der Waals surface area (Å²) in [5.41, 5.74) is 3.28. The quantitative estimate of drug-likeness (QED) is 0.0618. The molecule has 2 N–H and O–H groups in total. The number of hydrogen-bond acceptors (Lipinski definition) is 12. The number of tetrazole rings is 1. The van der Waals surface area contributed by atoms with Crippen molar-refractivity contribution in [3.05, 3.63) is 95.1 Å². The summed E-state index contributed by atoms with van der Waals surface area (Å²) in [5.74, 6) is -0.130. The van der Waals surface area contributed by atoms with Crippen LogP contribution in [0.4, 0.5) is 15.3 Å². The number of unbranched alkanes of at least 4 members (excludes halogenated alkanes) is 1.